The second-order valence-corrected chi connectivity index (χ2v) is 16.5. The summed E-state index contributed by atoms with van der Waals surface area (Å²) in [6, 6.07) is 14.7. The molecule has 2 aromatic carbocycles. The summed E-state index contributed by atoms with van der Waals surface area (Å²) in [6.07, 6.45) is 1.64. The van der Waals surface area contributed by atoms with Crippen LogP contribution in [0.5, 0.6) is 5.75 Å². The van der Waals surface area contributed by atoms with Crippen LogP contribution in [-0.4, -0.2) is 34.6 Å². The molecule has 9 nitrogen and oxygen atoms in total. The molecule has 41 heavy (non-hydrogen) atoms. The van der Waals surface area contributed by atoms with Crippen molar-refractivity contribution in [2.75, 3.05) is 12.4 Å². The molecule has 0 radical (unpaired) electrons. The first-order valence-corrected chi connectivity index (χ1v) is 15.8. The summed E-state index contributed by atoms with van der Waals surface area (Å²) in [6.45, 7) is 13.4. The van der Waals surface area contributed by atoms with Gasteiger partial charge in [-0.3, -0.25) is 19.5 Å². The number of nitro benzene ring substituents is 1. The Hall–Kier alpha value is -4.49. The Morgan fingerprint density at radius 3 is 2.32 bits per heavy atom. The zero-order valence-electron chi connectivity index (χ0n) is 24.4. The van der Waals surface area contributed by atoms with Crippen molar-refractivity contribution < 1.29 is 9.66 Å². The number of hydrogen-bond donors (Lipinski definition) is 1. The van der Waals surface area contributed by atoms with E-state index in [-0.39, 0.29) is 11.6 Å². The minimum atomic E-state index is -2.10. The van der Waals surface area contributed by atoms with E-state index in [1.165, 1.54) is 22.8 Å². The number of aromatic nitrogens is 3. The van der Waals surface area contributed by atoms with E-state index in [4.69, 9.17) is 9.72 Å². The van der Waals surface area contributed by atoms with Crippen molar-refractivity contribution in [3.05, 3.63) is 86.8 Å². The van der Waals surface area contributed by atoms with Crippen LogP contribution in [0.15, 0.2) is 65.6 Å². The molecule has 4 rings (SSSR count). The van der Waals surface area contributed by atoms with E-state index in [2.05, 4.69) is 63.3 Å². The van der Waals surface area contributed by atoms with Crippen LogP contribution in [0.3, 0.4) is 0 Å². The van der Waals surface area contributed by atoms with Crippen molar-refractivity contribution in [1.29, 1.82) is 0 Å². The van der Waals surface area contributed by atoms with Crippen LogP contribution in [0.1, 0.15) is 47.1 Å². The van der Waals surface area contributed by atoms with E-state index in [1.807, 2.05) is 24.3 Å². The van der Waals surface area contributed by atoms with Crippen molar-refractivity contribution >= 4 is 36.4 Å². The first-order valence-electron chi connectivity index (χ1n) is 13.6. The van der Waals surface area contributed by atoms with Gasteiger partial charge in [-0.15, -0.1) is 5.54 Å². The number of methoxy groups -OCH3 is 1. The lowest BCUT2D eigenvalue weighted by molar-refractivity contribution is -0.384. The number of pyridine rings is 1. The smallest absolute Gasteiger partial charge is 0.271 e. The van der Waals surface area contributed by atoms with Crippen LogP contribution < -0.4 is 15.6 Å². The monoisotopic (exact) mass is 569 g/mol. The lowest BCUT2D eigenvalue weighted by atomic mass is 10.1. The molecule has 10 heteroatoms. The van der Waals surface area contributed by atoms with Crippen LogP contribution in [-0.2, 0) is 0 Å². The number of nitro groups is 1. The predicted molar refractivity (Wildman–Crippen MR) is 166 cm³/mol. The Morgan fingerprint density at radius 1 is 1.00 bits per heavy atom. The number of para-hydroxylation sites is 2. The third-order valence-corrected chi connectivity index (χ3v) is 14.0. The van der Waals surface area contributed by atoms with Gasteiger partial charge in [0.15, 0.2) is 5.65 Å². The van der Waals surface area contributed by atoms with Gasteiger partial charge in [0.2, 0.25) is 5.95 Å². The Kier molecular flexibility index (Phi) is 8.59. The molecule has 0 bridgehead atoms. The van der Waals surface area contributed by atoms with Crippen molar-refractivity contribution in [2.45, 2.75) is 58.2 Å². The number of hydrogen-bond acceptors (Lipinski definition) is 7. The lowest BCUT2D eigenvalue weighted by Gasteiger charge is -2.38. The fraction of sp³-hybridized carbons (Fsp3) is 0.323. The Labute approximate surface area is 240 Å². The number of benzene rings is 2. The van der Waals surface area contributed by atoms with Gasteiger partial charge in [-0.25, -0.2) is 4.98 Å². The highest BCUT2D eigenvalue weighted by atomic mass is 28.3. The zero-order valence-corrected chi connectivity index (χ0v) is 25.4. The molecule has 212 valence electrons. The number of anilines is 2. The number of nitrogens with one attached hydrogen (secondary N) is 1. The van der Waals surface area contributed by atoms with Gasteiger partial charge in [0.05, 0.1) is 28.8 Å². The molecule has 0 amide bonds. The molecule has 1 N–H and O–H groups in total. The topological polar surface area (TPSA) is 112 Å². The van der Waals surface area contributed by atoms with Crippen molar-refractivity contribution in [3.8, 4) is 22.9 Å². The van der Waals surface area contributed by atoms with Gasteiger partial charge in [-0.05, 0) is 34.8 Å². The quantitative estimate of drug-likeness (QED) is 0.105. The average molecular weight is 570 g/mol. The fourth-order valence-corrected chi connectivity index (χ4v) is 11.0. The number of ether oxygens (including phenoxy) is 1. The Bertz CT molecular complexity index is 1700. The van der Waals surface area contributed by atoms with E-state index in [0.29, 0.717) is 50.3 Å². The van der Waals surface area contributed by atoms with E-state index >= 15 is 0 Å². The van der Waals surface area contributed by atoms with Gasteiger partial charge in [-0.2, -0.15) is 4.98 Å². The van der Waals surface area contributed by atoms with Crippen LogP contribution in [0.2, 0.25) is 16.6 Å². The predicted octanol–water partition coefficient (Wildman–Crippen LogP) is 7.01. The summed E-state index contributed by atoms with van der Waals surface area (Å²) in [5.41, 5.74) is 6.21. The molecular formula is C31H35N5O4Si. The summed E-state index contributed by atoms with van der Waals surface area (Å²) >= 11 is 0. The summed E-state index contributed by atoms with van der Waals surface area (Å²) in [7, 11) is -0.526. The first kappa shape index (κ1) is 29.5. The molecule has 0 aliphatic rings. The molecule has 2 aromatic heterocycles. The summed E-state index contributed by atoms with van der Waals surface area (Å²) in [5, 5.41) is 15.2. The second kappa shape index (κ2) is 11.9. The average Bonchev–Trinajstić information content (AvgIpc) is 2.93. The Morgan fingerprint density at radius 2 is 1.68 bits per heavy atom. The SMILES string of the molecule is COc1ccccc1Nc1ncc2c(C#C[Si](C(C)C)(C(C)C)C(C)C)cc(=O)n(-c3cccc([N+](=O)[O-])c3)c2n1. The molecule has 0 saturated carbocycles. The van der Waals surface area contributed by atoms with Crippen molar-refractivity contribution in [1.82, 2.24) is 14.5 Å². The van der Waals surface area contributed by atoms with Crippen LogP contribution >= 0.6 is 0 Å². The molecule has 0 saturated heterocycles. The van der Waals surface area contributed by atoms with Crippen molar-refractivity contribution in [2.24, 2.45) is 0 Å². The van der Waals surface area contributed by atoms with Gasteiger partial charge in [0.25, 0.3) is 11.2 Å². The van der Waals surface area contributed by atoms with Gasteiger partial charge < -0.3 is 10.1 Å². The maximum atomic E-state index is 13.7. The largest absolute Gasteiger partial charge is 0.495 e. The van der Waals surface area contributed by atoms with Crippen LogP contribution in [0.25, 0.3) is 16.7 Å². The molecular weight excluding hydrogens is 534 g/mol. The summed E-state index contributed by atoms with van der Waals surface area (Å²) in [4.78, 5) is 33.9. The number of non-ortho nitro benzene ring substituents is 1. The third kappa shape index (κ3) is 5.72. The molecule has 0 spiro atoms. The van der Waals surface area contributed by atoms with Gasteiger partial charge in [0, 0.05) is 30.0 Å². The normalized spacial score (nSPS) is 11.6. The van der Waals surface area contributed by atoms with E-state index in [9.17, 15) is 14.9 Å². The molecule has 0 aliphatic heterocycles. The molecule has 0 atom stereocenters. The minimum absolute atomic E-state index is 0.130. The third-order valence-electron chi connectivity index (χ3n) is 7.69. The summed E-state index contributed by atoms with van der Waals surface area (Å²) in [5.74, 6) is 4.22. The molecule has 0 unspecified atom stereocenters. The van der Waals surface area contributed by atoms with Gasteiger partial charge in [-0.1, -0.05) is 65.7 Å². The molecule has 2 heterocycles. The minimum Gasteiger partial charge on any atom is -0.495 e. The standard InChI is InChI=1S/C31H35N5O4Si/c1-20(2)41(21(3)4,22(5)6)16-15-23-17-29(37)35(24-11-10-12-25(18-24)36(38)39)30-26(23)19-32-31(34-30)33-27-13-8-9-14-28(27)40-7/h8-14,17-22H,1-7H3,(H,32,33,34). The second-order valence-electron chi connectivity index (χ2n) is 10.9. The van der Waals surface area contributed by atoms with Crippen molar-refractivity contribution in [3.63, 3.8) is 0 Å². The summed E-state index contributed by atoms with van der Waals surface area (Å²) < 4.78 is 6.80. The van der Waals surface area contributed by atoms with Crippen LogP contribution in [0.4, 0.5) is 17.3 Å². The molecule has 0 aliphatic carbocycles. The highest BCUT2D eigenvalue weighted by Crippen LogP contribution is 2.41. The van der Waals surface area contributed by atoms with Gasteiger partial charge in [0.1, 0.15) is 13.8 Å². The Balaban J connectivity index is 1.99. The highest BCUT2D eigenvalue weighted by Gasteiger charge is 2.41. The zero-order chi connectivity index (χ0) is 29.9. The van der Waals surface area contributed by atoms with E-state index < -0.39 is 18.6 Å². The van der Waals surface area contributed by atoms with Gasteiger partial charge >= 0.3 is 0 Å². The number of rotatable bonds is 8. The maximum Gasteiger partial charge on any atom is 0.271 e. The maximum absolute atomic E-state index is 13.7. The molecule has 0 fully saturated rings. The molecule has 4 aromatic rings. The van der Waals surface area contributed by atoms with E-state index in [1.54, 1.807) is 25.4 Å². The van der Waals surface area contributed by atoms with E-state index in [0.717, 1.165) is 0 Å². The number of nitrogens with zero attached hydrogens (tertiary/aromatic N) is 4. The lowest BCUT2D eigenvalue weighted by Crippen LogP contribution is -2.43. The first-order chi connectivity index (χ1) is 19.5. The highest BCUT2D eigenvalue weighted by molar-refractivity contribution is 6.90. The van der Waals surface area contributed by atoms with Crippen LogP contribution in [0, 0.1) is 21.6 Å². The number of fused-ring (bicyclic) bond motifs is 1. The fourth-order valence-electron chi connectivity index (χ4n) is 5.74.